The molecule has 11 heteroatoms. The van der Waals surface area contributed by atoms with Gasteiger partial charge in [0.25, 0.3) is 5.92 Å². The summed E-state index contributed by atoms with van der Waals surface area (Å²) in [5, 5.41) is 4.99. The Labute approximate surface area is 171 Å². The first-order valence-electron chi connectivity index (χ1n) is 9.08. The van der Waals surface area contributed by atoms with Crippen molar-refractivity contribution in [3.05, 3.63) is 41.4 Å². The molecule has 1 aliphatic heterocycles. The highest BCUT2D eigenvalue weighted by molar-refractivity contribution is 7.91. The fourth-order valence-electron chi connectivity index (χ4n) is 3.59. The van der Waals surface area contributed by atoms with Crippen LogP contribution in [0.3, 0.4) is 0 Å². The first kappa shape index (κ1) is 20.2. The largest absolute Gasteiger partial charge is 0.298 e. The summed E-state index contributed by atoms with van der Waals surface area (Å²) in [7, 11) is -1.34. The predicted molar refractivity (Wildman–Crippen MR) is 107 cm³/mol. The number of hydrogen-bond donors (Lipinski definition) is 0. The highest BCUT2D eigenvalue weighted by Crippen LogP contribution is 2.30. The van der Waals surface area contributed by atoms with Crippen LogP contribution in [0.4, 0.5) is 8.78 Å². The lowest BCUT2D eigenvalue weighted by atomic mass is 10.1. The Kier molecular flexibility index (Phi) is 5.12. The van der Waals surface area contributed by atoms with Crippen molar-refractivity contribution < 1.29 is 17.2 Å². The van der Waals surface area contributed by atoms with Crippen molar-refractivity contribution in [2.75, 3.05) is 31.1 Å². The number of hydrogen-bond acceptors (Lipinski definition) is 5. The van der Waals surface area contributed by atoms with Crippen LogP contribution >= 0.6 is 11.6 Å². The summed E-state index contributed by atoms with van der Waals surface area (Å²) < 4.78 is 56.1. The normalized spacial score (nSPS) is 17.8. The van der Waals surface area contributed by atoms with Crippen LogP contribution in [0.15, 0.2) is 30.7 Å². The van der Waals surface area contributed by atoms with Gasteiger partial charge in [0, 0.05) is 44.3 Å². The molecule has 0 aromatic carbocycles. The first-order chi connectivity index (χ1) is 13.6. The van der Waals surface area contributed by atoms with Gasteiger partial charge < -0.3 is 0 Å². The number of rotatable bonds is 5. The minimum absolute atomic E-state index is 0.0776. The van der Waals surface area contributed by atoms with Gasteiger partial charge in [-0.1, -0.05) is 11.6 Å². The van der Waals surface area contributed by atoms with E-state index in [0.717, 1.165) is 0 Å². The third-order valence-corrected chi connectivity index (χ3v) is 6.83. The smallest absolute Gasteiger partial charge is 0.264 e. The van der Waals surface area contributed by atoms with Crippen molar-refractivity contribution in [3.63, 3.8) is 0 Å². The van der Waals surface area contributed by atoms with Crippen molar-refractivity contribution in [2.24, 2.45) is 7.05 Å². The molecule has 7 nitrogen and oxygen atoms in total. The Hall–Kier alpha value is -2.04. The summed E-state index contributed by atoms with van der Waals surface area (Å²) in [6.45, 7) is -0.220. The molecule has 156 valence electrons. The molecule has 4 rings (SSSR count). The zero-order valence-corrected chi connectivity index (χ0v) is 17.3. The van der Waals surface area contributed by atoms with Crippen molar-refractivity contribution in [2.45, 2.75) is 12.3 Å². The summed E-state index contributed by atoms with van der Waals surface area (Å²) in [4.78, 5) is 5.82. The van der Waals surface area contributed by atoms with E-state index in [-0.39, 0.29) is 29.7 Å². The van der Waals surface area contributed by atoms with Crippen LogP contribution in [0.25, 0.3) is 16.7 Å². The molecule has 3 aromatic rings. The van der Waals surface area contributed by atoms with Crippen LogP contribution in [0, 0.1) is 0 Å². The Morgan fingerprint density at radius 2 is 1.93 bits per heavy atom. The van der Waals surface area contributed by atoms with Crippen molar-refractivity contribution in [1.29, 1.82) is 0 Å². The highest BCUT2D eigenvalue weighted by Gasteiger charge is 2.35. The van der Waals surface area contributed by atoms with E-state index < -0.39 is 28.7 Å². The molecule has 0 atom stereocenters. The molecule has 0 amide bonds. The monoisotopic (exact) mass is 443 g/mol. The number of pyridine rings is 1. The topological polar surface area (TPSA) is 73.0 Å². The summed E-state index contributed by atoms with van der Waals surface area (Å²) in [5.74, 6) is -3.17. The van der Waals surface area contributed by atoms with Crippen molar-refractivity contribution in [3.8, 4) is 5.69 Å². The van der Waals surface area contributed by atoms with Gasteiger partial charge in [0.05, 0.1) is 29.9 Å². The zero-order chi connectivity index (χ0) is 20.8. The van der Waals surface area contributed by atoms with E-state index in [1.807, 2.05) is 0 Å². The van der Waals surface area contributed by atoms with Gasteiger partial charge in [-0.2, -0.15) is 5.10 Å². The van der Waals surface area contributed by atoms with Gasteiger partial charge in [-0.25, -0.2) is 22.2 Å². The van der Waals surface area contributed by atoms with Crippen LogP contribution < -0.4 is 0 Å². The van der Waals surface area contributed by atoms with Gasteiger partial charge in [-0.3, -0.25) is 14.1 Å². The van der Waals surface area contributed by atoms with Crippen LogP contribution in [-0.2, 0) is 23.3 Å². The summed E-state index contributed by atoms with van der Waals surface area (Å²) >= 11 is 6.03. The molecule has 0 unspecified atom stereocenters. The maximum atomic E-state index is 14.8. The molecule has 4 heterocycles. The molecule has 1 saturated heterocycles. The lowest BCUT2D eigenvalue weighted by Gasteiger charge is -2.30. The molecular formula is C18H20ClF2N5O2S. The number of fused-ring (bicyclic) bond motifs is 1. The first-order valence-corrected chi connectivity index (χ1v) is 11.3. The Bertz CT molecular complexity index is 1140. The third kappa shape index (κ3) is 4.44. The van der Waals surface area contributed by atoms with Crippen molar-refractivity contribution >= 4 is 32.5 Å². The fourth-order valence-corrected chi connectivity index (χ4v) is 5.01. The molecule has 0 radical (unpaired) electrons. The maximum Gasteiger partial charge on any atom is 0.264 e. The van der Waals surface area contributed by atoms with Gasteiger partial charge >= 0.3 is 0 Å². The van der Waals surface area contributed by atoms with E-state index in [0.29, 0.717) is 22.3 Å². The average molecular weight is 444 g/mol. The van der Waals surface area contributed by atoms with Crippen LogP contribution in [0.1, 0.15) is 5.56 Å². The standard InChI is InChI=1S/C18H20ClF2N5O2S/c1-24-11-14(9-22-24)26-10-13(15-2-3-16(19)23-17(15)26)8-18(20,21)12-25-4-6-29(27,28)7-5-25/h2-3,9-11H,4-8,12H2,1H3. The molecule has 1 fully saturated rings. The average Bonchev–Trinajstić information content (AvgIpc) is 3.20. The fraction of sp³-hybridized carbons (Fsp3) is 0.444. The molecule has 1 aliphatic rings. The number of nitrogens with zero attached hydrogens (tertiary/aromatic N) is 5. The molecule has 0 spiro atoms. The SMILES string of the molecule is Cn1cc(-n2cc(CC(F)(F)CN3CCS(=O)(=O)CC3)c3ccc(Cl)nc32)cn1. The number of aromatic nitrogens is 4. The summed E-state index contributed by atoms with van der Waals surface area (Å²) in [6.07, 6.45) is 4.54. The van der Waals surface area contributed by atoms with E-state index in [2.05, 4.69) is 10.1 Å². The lowest BCUT2D eigenvalue weighted by molar-refractivity contribution is -0.0295. The second kappa shape index (κ2) is 7.33. The molecule has 0 bridgehead atoms. The second-order valence-electron chi connectivity index (χ2n) is 7.36. The minimum Gasteiger partial charge on any atom is -0.298 e. The quantitative estimate of drug-likeness (QED) is 0.566. The maximum absolute atomic E-state index is 14.8. The number of aryl methyl sites for hydroxylation is 1. The summed E-state index contributed by atoms with van der Waals surface area (Å²) in [5.41, 5.74) is 1.63. The molecule has 29 heavy (non-hydrogen) atoms. The molecule has 0 saturated carbocycles. The molecular weight excluding hydrogens is 424 g/mol. The second-order valence-corrected chi connectivity index (χ2v) is 10.1. The zero-order valence-electron chi connectivity index (χ0n) is 15.7. The van der Waals surface area contributed by atoms with Crippen molar-refractivity contribution in [1.82, 2.24) is 24.2 Å². The van der Waals surface area contributed by atoms with Gasteiger partial charge in [-0.15, -0.1) is 0 Å². The van der Waals surface area contributed by atoms with Gasteiger partial charge in [0.15, 0.2) is 9.84 Å². The van der Waals surface area contributed by atoms with E-state index in [4.69, 9.17) is 11.6 Å². The van der Waals surface area contributed by atoms with Gasteiger partial charge in [0.1, 0.15) is 10.8 Å². The third-order valence-electron chi connectivity index (χ3n) is 5.01. The van der Waals surface area contributed by atoms with E-state index in [9.17, 15) is 17.2 Å². The molecule has 0 aliphatic carbocycles. The predicted octanol–water partition coefficient (Wildman–Crippen LogP) is 2.32. The lowest BCUT2D eigenvalue weighted by Crippen LogP contribution is -2.46. The van der Waals surface area contributed by atoms with Crippen LogP contribution in [0.5, 0.6) is 0 Å². The van der Waals surface area contributed by atoms with Crippen LogP contribution in [-0.4, -0.2) is 69.7 Å². The number of sulfone groups is 1. The van der Waals surface area contributed by atoms with E-state index in [1.165, 1.54) is 4.90 Å². The van der Waals surface area contributed by atoms with E-state index >= 15 is 0 Å². The number of halogens is 3. The Balaban J connectivity index is 1.62. The molecule has 3 aromatic heterocycles. The van der Waals surface area contributed by atoms with Gasteiger partial charge in [-0.05, 0) is 17.7 Å². The molecule has 0 N–H and O–H groups in total. The summed E-state index contributed by atoms with van der Waals surface area (Å²) in [6, 6.07) is 3.27. The van der Waals surface area contributed by atoms with Crippen LogP contribution in [0.2, 0.25) is 5.15 Å². The minimum atomic E-state index is -3.11. The Morgan fingerprint density at radius 1 is 1.21 bits per heavy atom. The van der Waals surface area contributed by atoms with E-state index in [1.54, 1.807) is 47.0 Å². The Morgan fingerprint density at radius 3 is 2.59 bits per heavy atom. The number of alkyl halides is 2. The van der Waals surface area contributed by atoms with Gasteiger partial charge in [0.2, 0.25) is 0 Å². The highest BCUT2D eigenvalue weighted by atomic mass is 35.5.